The molecule has 0 aromatic heterocycles. The number of ether oxygens (including phenoxy) is 2. The third-order valence-electron chi connectivity index (χ3n) is 2.08. The molecule has 0 amide bonds. The molecule has 0 fully saturated rings. The third kappa shape index (κ3) is 1.57. The summed E-state index contributed by atoms with van der Waals surface area (Å²) >= 11 is 0. The van der Waals surface area contributed by atoms with Crippen molar-refractivity contribution in [3.05, 3.63) is 35.7 Å². The minimum Gasteiger partial charge on any atom is -0.465 e. The Morgan fingerprint density at radius 2 is 2.25 bits per heavy atom. The first-order chi connectivity index (χ1) is 7.76. The summed E-state index contributed by atoms with van der Waals surface area (Å²) in [7, 11) is 1.21. The second-order valence-electron chi connectivity index (χ2n) is 3.03. The van der Waals surface area contributed by atoms with E-state index in [0.717, 1.165) is 0 Å². The van der Waals surface area contributed by atoms with E-state index in [2.05, 4.69) is 10.1 Å². The van der Waals surface area contributed by atoms with Gasteiger partial charge in [-0.2, -0.15) is 5.26 Å². The molecule has 1 heterocycles. The molecule has 16 heavy (non-hydrogen) atoms. The minimum absolute atomic E-state index is 0.107. The van der Waals surface area contributed by atoms with Crippen molar-refractivity contribution >= 4 is 11.7 Å². The largest absolute Gasteiger partial charge is 0.465 e. The van der Waals surface area contributed by atoms with Gasteiger partial charge in [-0.05, 0) is 12.1 Å². The fourth-order valence-electron chi connectivity index (χ4n) is 1.32. The molecule has 1 aliphatic heterocycles. The van der Waals surface area contributed by atoms with Gasteiger partial charge in [-0.3, -0.25) is 0 Å². The molecule has 0 spiro atoms. The summed E-state index contributed by atoms with van der Waals surface area (Å²) < 4.78 is 9.80. The number of fused-ring (bicyclic) bond motifs is 1. The number of rotatable bonds is 1. The van der Waals surface area contributed by atoms with Crippen LogP contribution >= 0.6 is 0 Å². The number of hydrogen-bond acceptors (Lipinski definition) is 5. The van der Waals surface area contributed by atoms with E-state index in [1.54, 1.807) is 24.3 Å². The number of esters is 1. The van der Waals surface area contributed by atoms with Gasteiger partial charge in [0.1, 0.15) is 6.07 Å². The summed E-state index contributed by atoms with van der Waals surface area (Å²) in [4.78, 5) is 11.3. The van der Waals surface area contributed by atoms with E-state index in [-0.39, 0.29) is 11.5 Å². The number of nitrogens with one attached hydrogen (secondary N) is 1. The lowest BCUT2D eigenvalue weighted by Crippen LogP contribution is -2.11. The van der Waals surface area contributed by atoms with E-state index in [9.17, 15) is 4.79 Å². The van der Waals surface area contributed by atoms with Crippen molar-refractivity contribution in [2.45, 2.75) is 0 Å². The number of anilines is 1. The number of carbonyl (C=O) groups excluding carboxylic acids is 1. The molecule has 0 saturated carbocycles. The lowest BCUT2D eigenvalue weighted by molar-refractivity contribution is -0.135. The second kappa shape index (κ2) is 3.95. The lowest BCUT2D eigenvalue weighted by Gasteiger charge is -2.01. The predicted molar refractivity (Wildman–Crippen MR) is 55.3 cm³/mol. The van der Waals surface area contributed by atoms with Crippen molar-refractivity contribution in [1.29, 1.82) is 5.26 Å². The van der Waals surface area contributed by atoms with E-state index in [1.807, 2.05) is 6.07 Å². The van der Waals surface area contributed by atoms with Crippen molar-refractivity contribution in [1.82, 2.24) is 0 Å². The normalized spacial score (nSPS) is 15.2. The van der Waals surface area contributed by atoms with Crippen LogP contribution in [0.4, 0.5) is 5.69 Å². The first-order valence-electron chi connectivity index (χ1n) is 4.53. The van der Waals surface area contributed by atoms with Crippen LogP contribution in [0.3, 0.4) is 0 Å². The molecular formula is C11H8N2O3. The molecule has 1 aromatic rings. The van der Waals surface area contributed by atoms with Crippen LogP contribution in [0.15, 0.2) is 35.7 Å². The highest BCUT2D eigenvalue weighted by Gasteiger charge is 2.24. The van der Waals surface area contributed by atoms with E-state index in [4.69, 9.17) is 10.00 Å². The number of nitriles is 1. The molecule has 0 atom stereocenters. The van der Waals surface area contributed by atoms with Crippen molar-refractivity contribution in [2.24, 2.45) is 0 Å². The van der Waals surface area contributed by atoms with Gasteiger partial charge in [-0.15, -0.1) is 0 Å². The molecule has 0 aliphatic carbocycles. The van der Waals surface area contributed by atoms with Gasteiger partial charge in [0.2, 0.25) is 5.88 Å². The van der Waals surface area contributed by atoms with Gasteiger partial charge < -0.3 is 14.8 Å². The van der Waals surface area contributed by atoms with Crippen LogP contribution in [0.1, 0.15) is 0 Å². The van der Waals surface area contributed by atoms with Crippen LogP contribution in [-0.2, 0) is 9.53 Å². The molecule has 5 nitrogen and oxygen atoms in total. The molecule has 1 N–H and O–H groups in total. The summed E-state index contributed by atoms with van der Waals surface area (Å²) in [5.74, 6) is -0.0393. The second-order valence-corrected chi connectivity index (χ2v) is 3.03. The smallest absolute Gasteiger partial charge is 0.354 e. The zero-order valence-electron chi connectivity index (χ0n) is 8.48. The molecular weight excluding hydrogens is 208 g/mol. The van der Waals surface area contributed by atoms with Crippen LogP contribution in [0.5, 0.6) is 5.75 Å². The van der Waals surface area contributed by atoms with Gasteiger partial charge in [0.15, 0.2) is 11.3 Å². The number of benzene rings is 1. The minimum atomic E-state index is -0.724. The van der Waals surface area contributed by atoms with Crippen LogP contribution in [0.25, 0.3) is 0 Å². The highest BCUT2D eigenvalue weighted by Crippen LogP contribution is 2.33. The summed E-state index contributed by atoms with van der Waals surface area (Å²) in [6.07, 6.45) is 0. The molecule has 0 unspecified atom stereocenters. The number of carbonyl (C=O) groups is 1. The first-order valence-corrected chi connectivity index (χ1v) is 4.53. The van der Waals surface area contributed by atoms with Crippen LogP contribution in [-0.4, -0.2) is 13.1 Å². The van der Waals surface area contributed by atoms with Gasteiger partial charge in [-0.1, -0.05) is 12.1 Å². The fourth-order valence-corrected chi connectivity index (χ4v) is 1.32. The molecule has 1 aromatic carbocycles. The Bertz CT molecular complexity index is 487. The van der Waals surface area contributed by atoms with Crippen molar-refractivity contribution in [3.8, 4) is 11.8 Å². The Morgan fingerprint density at radius 3 is 2.88 bits per heavy atom. The standard InChI is InChI=1S/C11H8N2O3/c1-15-11(14)7(6-12)10-13-8-4-2-3-5-9(8)16-10/h2-5,13H,1H3/b10-7-. The Kier molecular flexibility index (Phi) is 2.48. The van der Waals surface area contributed by atoms with Gasteiger partial charge in [-0.25, -0.2) is 4.79 Å². The average Bonchev–Trinajstić information content (AvgIpc) is 2.72. The van der Waals surface area contributed by atoms with Crippen molar-refractivity contribution in [3.63, 3.8) is 0 Å². The first kappa shape index (κ1) is 10.1. The van der Waals surface area contributed by atoms with Gasteiger partial charge >= 0.3 is 5.97 Å². The summed E-state index contributed by atoms with van der Waals surface area (Å²) in [6.45, 7) is 0. The Morgan fingerprint density at radius 1 is 1.50 bits per heavy atom. The Hall–Kier alpha value is -2.48. The molecule has 2 rings (SSSR count). The van der Waals surface area contributed by atoms with E-state index in [0.29, 0.717) is 11.4 Å². The highest BCUT2D eigenvalue weighted by molar-refractivity contribution is 5.94. The SMILES string of the molecule is COC(=O)/C(C#N)=C1/Nc2ccccc2O1. The van der Waals surface area contributed by atoms with Crippen molar-refractivity contribution in [2.75, 3.05) is 12.4 Å². The number of nitrogens with zero attached hydrogens (tertiary/aromatic N) is 1. The lowest BCUT2D eigenvalue weighted by atomic mass is 10.3. The van der Waals surface area contributed by atoms with Gasteiger partial charge in [0.05, 0.1) is 12.8 Å². The Balaban J connectivity index is 2.38. The van der Waals surface area contributed by atoms with Crippen molar-refractivity contribution < 1.29 is 14.3 Å². The molecule has 80 valence electrons. The van der Waals surface area contributed by atoms with E-state index in [1.165, 1.54) is 7.11 Å². The number of para-hydroxylation sites is 2. The van der Waals surface area contributed by atoms with Gasteiger partial charge in [0.25, 0.3) is 0 Å². The maximum atomic E-state index is 11.3. The topological polar surface area (TPSA) is 71.4 Å². The molecule has 0 saturated heterocycles. The van der Waals surface area contributed by atoms with Crippen LogP contribution in [0.2, 0.25) is 0 Å². The molecule has 0 radical (unpaired) electrons. The monoisotopic (exact) mass is 216 g/mol. The maximum Gasteiger partial charge on any atom is 0.354 e. The van der Waals surface area contributed by atoms with Crippen LogP contribution < -0.4 is 10.1 Å². The third-order valence-corrected chi connectivity index (χ3v) is 2.08. The predicted octanol–water partition coefficient (Wildman–Crippen LogP) is 1.40. The van der Waals surface area contributed by atoms with E-state index < -0.39 is 5.97 Å². The fraction of sp³-hybridized carbons (Fsp3) is 0.0909. The molecule has 1 aliphatic rings. The van der Waals surface area contributed by atoms with Crippen LogP contribution in [0, 0.1) is 11.3 Å². The Labute approximate surface area is 91.9 Å². The number of methoxy groups -OCH3 is 1. The average molecular weight is 216 g/mol. The number of hydrogen-bond donors (Lipinski definition) is 1. The maximum absolute atomic E-state index is 11.3. The molecule has 0 bridgehead atoms. The zero-order valence-corrected chi connectivity index (χ0v) is 8.48. The van der Waals surface area contributed by atoms with E-state index >= 15 is 0 Å². The summed E-state index contributed by atoms with van der Waals surface area (Å²) in [6, 6.07) is 8.89. The quantitative estimate of drug-likeness (QED) is 0.436. The summed E-state index contributed by atoms with van der Waals surface area (Å²) in [5.41, 5.74) is 0.535. The summed E-state index contributed by atoms with van der Waals surface area (Å²) in [5, 5.41) is 11.7. The van der Waals surface area contributed by atoms with Gasteiger partial charge in [0, 0.05) is 0 Å². The highest BCUT2D eigenvalue weighted by atomic mass is 16.5. The zero-order chi connectivity index (χ0) is 11.5. The molecule has 5 heteroatoms.